The highest BCUT2D eigenvalue weighted by Crippen LogP contribution is 2.28. The summed E-state index contributed by atoms with van der Waals surface area (Å²) in [6, 6.07) is 4.70. The van der Waals surface area contributed by atoms with Crippen LogP contribution in [0, 0.1) is 18.7 Å². The van der Waals surface area contributed by atoms with Gasteiger partial charge in [-0.1, -0.05) is 26.8 Å². The van der Waals surface area contributed by atoms with Gasteiger partial charge in [0.25, 0.3) is 0 Å². The van der Waals surface area contributed by atoms with Gasteiger partial charge < -0.3 is 14.6 Å². The van der Waals surface area contributed by atoms with Crippen LogP contribution < -0.4 is 10.2 Å². The van der Waals surface area contributed by atoms with E-state index < -0.39 is 11.7 Å². The largest absolute Gasteiger partial charge is 0.443 e. The molecular formula is C20H24FN3O3. The minimum absolute atomic E-state index is 0.0535. The van der Waals surface area contributed by atoms with Gasteiger partial charge in [-0.3, -0.25) is 9.59 Å². The summed E-state index contributed by atoms with van der Waals surface area (Å²) < 4.78 is 19.8. The zero-order valence-electron chi connectivity index (χ0n) is 16.0. The molecule has 0 aliphatic carbocycles. The average molecular weight is 373 g/mol. The first-order valence-corrected chi connectivity index (χ1v) is 8.94. The van der Waals surface area contributed by atoms with Crippen LogP contribution in [0.15, 0.2) is 28.8 Å². The molecule has 0 saturated carbocycles. The Morgan fingerprint density at radius 1 is 1.41 bits per heavy atom. The predicted octanol–water partition coefficient (Wildman–Crippen LogP) is 3.09. The Balaban J connectivity index is 1.61. The molecule has 7 heteroatoms. The highest BCUT2D eigenvalue weighted by atomic mass is 19.1. The van der Waals surface area contributed by atoms with Crippen molar-refractivity contribution in [1.82, 2.24) is 10.3 Å². The van der Waals surface area contributed by atoms with Crippen LogP contribution in [-0.2, 0) is 21.5 Å². The van der Waals surface area contributed by atoms with E-state index in [1.54, 1.807) is 25.3 Å². The molecule has 1 aliphatic heterocycles. The molecule has 0 radical (unpaired) electrons. The molecule has 1 atom stereocenters. The Hall–Kier alpha value is -2.70. The number of oxazole rings is 1. The summed E-state index contributed by atoms with van der Waals surface area (Å²) in [5, 5.41) is 2.75. The lowest BCUT2D eigenvalue weighted by Crippen LogP contribution is -2.33. The highest BCUT2D eigenvalue weighted by molar-refractivity contribution is 6.00. The summed E-state index contributed by atoms with van der Waals surface area (Å²) in [5.74, 6) is -0.366. The molecule has 144 valence electrons. The molecule has 0 bridgehead atoms. The number of hydrogen-bond acceptors (Lipinski definition) is 4. The second kappa shape index (κ2) is 7.13. The molecule has 1 N–H and O–H groups in total. The standard InChI is InChI=1S/C20H24FN3O3/c1-12-5-6-15(14(21)7-12)24-11-13(8-18(24)25)19(26)23-10-17-22-9-16(27-17)20(2,3)4/h5-7,9,13H,8,10-11H2,1-4H3,(H,23,26)/t13-/m1/s1. The number of rotatable bonds is 4. The van der Waals surface area contributed by atoms with E-state index in [1.807, 2.05) is 20.8 Å². The Bertz CT molecular complexity index is 870. The van der Waals surface area contributed by atoms with Crippen molar-refractivity contribution in [1.29, 1.82) is 0 Å². The van der Waals surface area contributed by atoms with Gasteiger partial charge in [0, 0.05) is 18.4 Å². The van der Waals surface area contributed by atoms with Crippen molar-refractivity contribution in [3.8, 4) is 0 Å². The number of nitrogens with one attached hydrogen (secondary N) is 1. The quantitative estimate of drug-likeness (QED) is 0.894. The van der Waals surface area contributed by atoms with Crippen molar-refractivity contribution in [2.45, 2.75) is 46.1 Å². The number of aryl methyl sites for hydroxylation is 1. The Morgan fingerprint density at radius 3 is 2.78 bits per heavy atom. The van der Waals surface area contributed by atoms with Crippen molar-refractivity contribution in [2.24, 2.45) is 5.92 Å². The monoisotopic (exact) mass is 373 g/mol. The number of hydrogen-bond donors (Lipinski definition) is 1. The first kappa shape index (κ1) is 19.1. The molecule has 2 heterocycles. The van der Waals surface area contributed by atoms with Gasteiger partial charge in [0.05, 0.1) is 24.3 Å². The van der Waals surface area contributed by atoms with Gasteiger partial charge in [0.2, 0.25) is 17.7 Å². The SMILES string of the molecule is Cc1ccc(N2C[C@H](C(=O)NCc3ncc(C(C)(C)C)o3)CC2=O)c(F)c1. The van der Waals surface area contributed by atoms with Gasteiger partial charge in [-0.05, 0) is 24.6 Å². The number of benzene rings is 1. The first-order valence-electron chi connectivity index (χ1n) is 8.94. The molecule has 2 aromatic rings. The van der Waals surface area contributed by atoms with Crippen LogP contribution in [-0.4, -0.2) is 23.3 Å². The molecule has 1 aromatic carbocycles. The van der Waals surface area contributed by atoms with Crippen molar-refractivity contribution in [3.63, 3.8) is 0 Å². The van der Waals surface area contributed by atoms with Crippen LogP contribution in [0.3, 0.4) is 0 Å². The maximum atomic E-state index is 14.2. The molecule has 1 aliphatic rings. The van der Waals surface area contributed by atoms with Gasteiger partial charge in [-0.2, -0.15) is 0 Å². The maximum Gasteiger partial charge on any atom is 0.227 e. The van der Waals surface area contributed by atoms with Crippen molar-refractivity contribution >= 4 is 17.5 Å². The van der Waals surface area contributed by atoms with Crippen molar-refractivity contribution in [2.75, 3.05) is 11.4 Å². The molecular weight excluding hydrogens is 349 g/mol. The molecule has 2 amide bonds. The Morgan fingerprint density at radius 2 is 2.15 bits per heavy atom. The minimum Gasteiger partial charge on any atom is -0.443 e. The highest BCUT2D eigenvalue weighted by Gasteiger charge is 2.36. The van der Waals surface area contributed by atoms with E-state index in [2.05, 4.69) is 10.3 Å². The topological polar surface area (TPSA) is 75.4 Å². The first-order chi connectivity index (χ1) is 12.6. The average Bonchev–Trinajstić information content (AvgIpc) is 3.19. The zero-order valence-corrected chi connectivity index (χ0v) is 16.0. The van der Waals surface area contributed by atoms with Crippen LogP contribution in [0.5, 0.6) is 0 Å². The minimum atomic E-state index is -0.532. The third-order valence-electron chi connectivity index (χ3n) is 4.60. The van der Waals surface area contributed by atoms with Gasteiger partial charge in [-0.15, -0.1) is 0 Å². The van der Waals surface area contributed by atoms with Crippen molar-refractivity contribution < 1.29 is 18.4 Å². The summed E-state index contributed by atoms with van der Waals surface area (Å²) in [5.41, 5.74) is 0.826. The number of halogens is 1. The normalized spacial score (nSPS) is 17.4. The molecule has 0 unspecified atom stereocenters. The van der Waals surface area contributed by atoms with Crippen molar-refractivity contribution in [3.05, 3.63) is 47.4 Å². The van der Waals surface area contributed by atoms with E-state index in [-0.39, 0.29) is 42.4 Å². The fraction of sp³-hybridized carbons (Fsp3) is 0.450. The summed E-state index contributed by atoms with van der Waals surface area (Å²) >= 11 is 0. The molecule has 1 fully saturated rings. The summed E-state index contributed by atoms with van der Waals surface area (Å²) in [6.07, 6.45) is 1.71. The summed E-state index contributed by atoms with van der Waals surface area (Å²) in [7, 11) is 0. The molecule has 1 aromatic heterocycles. The smallest absolute Gasteiger partial charge is 0.227 e. The van der Waals surface area contributed by atoms with E-state index >= 15 is 0 Å². The van der Waals surface area contributed by atoms with E-state index in [9.17, 15) is 14.0 Å². The lowest BCUT2D eigenvalue weighted by Gasteiger charge is -2.17. The lowest BCUT2D eigenvalue weighted by atomic mass is 9.94. The fourth-order valence-corrected chi connectivity index (χ4v) is 2.99. The van der Waals surface area contributed by atoms with Gasteiger partial charge in [0.15, 0.2) is 0 Å². The third kappa shape index (κ3) is 4.18. The van der Waals surface area contributed by atoms with Crippen LogP contribution in [0.2, 0.25) is 0 Å². The van der Waals surface area contributed by atoms with Gasteiger partial charge in [-0.25, -0.2) is 9.37 Å². The number of amides is 2. The lowest BCUT2D eigenvalue weighted by molar-refractivity contribution is -0.126. The second-order valence-corrected chi connectivity index (χ2v) is 7.95. The van der Waals surface area contributed by atoms with Crippen LogP contribution in [0.1, 0.15) is 44.4 Å². The van der Waals surface area contributed by atoms with E-state index in [0.717, 1.165) is 11.3 Å². The Kier molecular flexibility index (Phi) is 5.04. The van der Waals surface area contributed by atoms with Gasteiger partial charge >= 0.3 is 0 Å². The summed E-state index contributed by atoms with van der Waals surface area (Å²) in [6.45, 7) is 8.13. The predicted molar refractivity (Wildman–Crippen MR) is 98.6 cm³/mol. The number of carbonyl (C=O) groups is 2. The van der Waals surface area contributed by atoms with Crippen LogP contribution in [0.4, 0.5) is 10.1 Å². The van der Waals surface area contributed by atoms with Crippen LogP contribution in [0.25, 0.3) is 0 Å². The van der Waals surface area contributed by atoms with E-state index in [0.29, 0.717) is 5.89 Å². The zero-order chi connectivity index (χ0) is 19.8. The molecule has 0 spiro atoms. The summed E-state index contributed by atoms with van der Waals surface area (Å²) in [4.78, 5) is 30.2. The van der Waals surface area contributed by atoms with E-state index in [1.165, 1.54) is 11.0 Å². The van der Waals surface area contributed by atoms with Gasteiger partial charge in [0.1, 0.15) is 11.6 Å². The number of carbonyl (C=O) groups excluding carboxylic acids is 2. The second-order valence-electron chi connectivity index (χ2n) is 7.95. The maximum absolute atomic E-state index is 14.2. The molecule has 27 heavy (non-hydrogen) atoms. The number of aromatic nitrogens is 1. The number of nitrogens with zero attached hydrogens (tertiary/aromatic N) is 2. The molecule has 3 rings (SSSR count). The molecule has 6 nitrogen and oxygen atoms in total. The Labute approximate surface area is 157 Å². The van der Waals surface area contributed by atoms with E-state index in [4.69, 9.17) is 4.42 Å². The number of anilines is 1. The van der Waals surface area contributed by atoms with Crippen LogP contribution >= 0.6 is 0 Å². The fourth-order valence-electron chi connectivity index (χ4n) is 2.99. The molecule has 1 saturated heterocycles. The third-order valence-corrected chi connectivity index (χ3v) is 4.60.